The number of carboxylic acids is 1. The molecule has 1 aromatic carbocycles. The van der Waals surface area contributed by atoms with Crippen LogP contribution in [-0.2, 0) is 6.42 Å². The van der Waals surface area contributed by atoms with Crippen LogP contribution in [0.1, 0.15) is 15.9 Å². The standard InChI is InChI=1S/C11H16N2O2/c1-13(2)7-6-8-4-3-5-9(10(8)12)11(14)15/h3-5H,6-7,12H2,1-2H3,(H,14,15). The van der Waals surface area contributed by atoms with E-state index in [0.29, 0.717) is 5.69 Å². The number of hydrogen-bond donors (Lipinski definition) is 2. The number of rotatable bonds is 4. The van der Waals surface area contributed by atoms with Crippen LogP contribution in [-0.4, -0.2) is 36.6 Å². The average Bonchev–Trinajstić information content (AvgIpc) is 2.15. The largest absolute Gasteiger partial charge is 0.478 e. The van der Waals surface area contributed by atoms with Crippen LogP contribution in [0.2, 0.25) is 0 Å². The molecule has 0 amide bonds. The molecule has 0 saturated heterocycles. The van der Waals surface area contributed by atoms with Gasteiger partial charge in [-0.1, -0.05) is 12.1 Å². The number of nitrogens with zero attached hydrogens (tertiary/aromatic N) is 1. The molecule has 0 aromatic heterocycles. The van der Waals surface area contributed by atoms with Gasteiger partial charge in [0.2, 0.25) is 0 Å². The first-order valence-corrected chi connectivity index (χ1v) is 4.77. The maximum absolute atomic E-state index is 10.8. The molecule has 4 heteroatoms. The molecule has 0 aliphatic carbocycles. The summed E-state index contributed by atoms with van der Waals surface area (Å²) in [6.07, 6.45) is 0.764. The van der Waals surface area contributed by atoms with Crippen LogP contribution < -0.4 is 5.73 Å². The molecule has 1 rings (SSSR count). The Morgan fingerprint density at radius 2 is 2.13 bits per heavy atom. The molecule has 3 N–H and O–H groups in total. The number of nitrogen functional groups attached to an aromatic ring is 1. The van der Waals surface area contributed by atoms with Gasteiger partial charge in [-0.05, 0) is 32.1 Å². The molecule has 0 saturated carbocycles. The zero-order valence-corrected chi connectivity index (χ0v) is 9.03. The number of hydrogen-bond acceptors (Lipinski definition) is 3. The second-order valence-electron chi connectivity index (χ2n) is 3.74. The van der Waals surface area contributed by atoms with E-state index in [1.54, 1.807) is 6.07 Å². The van der Waals surface area contributed by atoms with Crippen LogP contribution in [0.3, 0.4) is 0 Å². The van der Waals surface area contributed by atoms with Crippen LogP contribution in [0, 0.1) is 0 Å². The Balaban J connectivity index is 2.89. The smallest absolute Gasteiger partial charge is 0.337 e. The molecule has 0 bridgehead atoms. The van der Waals surface area contributed by atoms with Gasteiger partial charge in [-0.25, -0.2) is 4.79 Å². The van der Waals surface area contributed by atoms with Crippen molar-refractivity contribution in [1.29, 1.82) is 0 Å². The molecule has 0 atom stereocenters. The molecular weight excluding hydrogens is 192 g/mol. The minimum absolute atomic E-state index is 0.186. The average molecular weight is 208 g/mol. The molecule has 0 spiro atoms. The van der Waals surface area contributed by atoms with Crippen LogP contribution in [0.5, 0.6) is 0 Å². The van der Waals surface area contributed by atoms with E-state index in [9.17, 15) is 4.79 Å². The summed E-state index contributed by atoms with van der Waals surface area (Å²) in [6.45, 7) is 0.854. The van der Waals surface area contributed by atoms with Gasteiger partial charge in [0, 0.05) is 12.2 Å². The first-order chi connectivity index (χ1) is 7.02. The fourth-order valence-corrected chi connectivity index (χ4v) is 1.36. The molecule has 0 unspecified atom stereocenters. The van der Waals surface area contributed by atoms with Crippen molar-refractivity contribution >= 4 is 11.7 Å². The summed E-state index contributed by atoms with van der Waals surface area (Å²) in [5.74, 6) is -0.973. The lowest BCUT2D eigenvalue weighted by molar-refractivity contribution is 0.0698. The molecule has 0 aliphatic rings. The summed E-state index contributed by atoms with van der Waals surface area (Å²) in [5, 5.41) is 8.88. The lowest BCUT2D eigenvalue weighted by Crippen LogP contribution is -2.16. The van der Waals surface area contributed by atoms with E-state index in [0.717, 1.165) is 18.5 Å². The molecule has 4 nitrogen and oxygen atoms in total. The zero-order chi connectivity index (χ0) is 11.4. The third-order valence-electron chi connectivity index (χ3n) is 2.26. The number of likely N-dealkylation sites (N-methyl/N-ethyl adjacent to an activating group) is 1. The Bertz CT molecular complexity index is 362. The first kappa shape index (κ1) is 11.5. The predicted octanol–water partition coefficient (Wildman–Crippen LogP) is 1.07. The monoisotopic (exact) mass is 208 g/mol. The number of nitrogens with two attached hydrogens (primary N) is 1. The minimum Gasteiger partial charge on any atom is -0.478 e. The van der Waals surface area contributed by atoms with Crippen LogP contribution in [0.4, 0.5) is 5.69 Å². The maximum atomic E-state index is 10.8. The number of para-hydroxylation sites is 1. The van der Waals surface area contributed by atoms with Gasteiger partial charge in [-0.3, -0.25) is 0 Å². The van der Waals surface area contributed by atoms with Gasteiger partial charge in [-0.2, -0.15) is 0 Å². The number of carbonyl (C=O) groups is 1. The highest BCUT2D eigenvalue weighted by Gasteiger charge is 2.10. The second-order valence-corrected chi connectivity index (χ2v) is 3.74. The summed E-state index contributed by atoms with van der Waals surface area (Å²) in [5.41, 5.74) is 7.23. The van der Waals surface area contributed by atoms with Crippen molar-refractivity contribution in [2.45, 2.75) is 6.42 Å². The Morgan fingerprint density at radius 1 is 1.47 bits per heavy atom. The Morgan fingerprint density at radius 3 is 2.67 bits per heavy atom. The number of carboxylic acid groups (broad SMARTS) is 1. The Hall–Kier alpha value is -1.55. The predicted molar refractivity (Wildman–Crippen MR) is 60.1 cm³/mol. The van der Waals surface area contributed by atoms with Crippen molar-refractivity contribution in [2.75, 3.05) is 26.4 Å². The lowest BCUT2D eigenvalue weighted by atomic mass is 10.0. The van der Waals surface area contributed by atoms with Crippen molar-refractivity contribution in [1.82, 2.24) is 4.90 Å². The topological polar surface area (TPSA) is 66.6 Å². The molecule has 0 fully saturated rings. The number of anilines is 1. The van der Waals surface area contributed by atoms with Gasteiger partial charge >= 0.3 is 5.97 Å². The van der Waals surface area contributed by atoms with E-state index in [-0.39, 0.29) is 5.56 Å². The van der Waals surface area contributed by atoms with Crippen LogP contribution in [0.25, 0.3) is 0 Å². The Kier molecular flexibility index (Phi) is 3.68. The first-order valence-electron chi connectivity index (χ1n) is 4.77. The SMILES string of the molecule is CN(C)CCc1cccc(C(=O)O)c1N. The maximum Gasteiger partial charge on any atom is 0.337 e. The second kappa shape index (κ2) is 4.79. The molecule has 82 valence electrons. The highest BCUT2D eigenvalue weighted by atomic mass is 16.4. The van der Waals surface area contributed by atoms with E-state index in [1.807, 2.05) is 25.1 Å². The summed E-state index contributed by atoms with van der Waals surface area (Å²) in [6, 6.07) is 5.12. The third kappa shape index (κ3) is 2.95. The lowest BCUT2D eigenvalue weighted by Gasteiger charge is -2.12. The summed E-state index contributed by atoms with van der Waals surface area (Å²) in [4.78, 5) is 12.9. The Labute approximate surface area is 89.3 Å². The van der Waals surface area contributed by atoms with E-state index >= 15 is 0 Å². The quantitative estimate of drug-likeness (QED) is 0.726. The van der Waals surface area contributed by atoms with Crippen LogP contribution in [0.15, 0.2) is 18.2 Å². The number of benzene rings is 1. The molecule has 0 aliphatic heterocycles. The minimum atomic E-state index is -0.973. The summed E-state index contributed by atoms with van der Waals surface area (Å²) in [7, 11) is 3.94. The van der Waals surface area contributed by atoms with E-state index in [1.165, 1.54) is 6.07 Å². The number of aromatic carboxylic acids is 1. The fraction of sp³-hybridized carbons (Fsp3) is 0.364. The molecule has 0 radical (unpaired) electrons. The molecular formula is C11H16N2O2. The van der Waals surface area contributed by atoms with Crippen molar-refractivity contribution in [3.8, 4) is 0 Å². The molecule has 15 heavy (non-hydrogen) atoms. The van der Waals surface area contributed by atoms with Crippen molar-refractivity contribution in [3.05, 3.63) is 29.3 Å². The van der Waals surface area contributed by atoms with E-state index in [2.05, 4.69) is 0 Å². The van der Waals surface area contributed by atoms with Crippen molar-refractivity contribution < 1.29 is 9.90 Å². The van der Waals surface area contributed by atoms with Crippen molar-refractivity contribution in [2.24, 2.45) is 0 Å². The van der Waals surface area contributed by atoms with Gasteiger partial charge < -0.3 is 15.7 Å². The zero-order valence-electron chi connectivity index (χ0n) is 9.03. The highest BCUT2D eigenvalue weighted by Crippen LogP contribution is 2.18. The van der Waals surface area contributed by atoms with Gasteiger partial charge in [-0.15, -0.1) is 0 Å². The van der Waals surface area contributed by atoms with Crippen LogP contribution >= 0.6 is 0 Å². The van der Waals surface area contributed by atoms with Gasteiger partial charge in [0.25, 0.3) is 0 Å². The molecule has 0 heterocycles. The highest BCUT2D eigenvalue weighted by molar-refractivity contribution is 5.94. The van der Waals surface area contributed by atoms with E-state index < -0.39 is 5.97 Å². The van der Waals surface area contributed by atoms with Gasteiger partial charge in [0.05, 0.1) is 5.56 Å². The van der Waals surface area contributed by atoms with E-state index in [4.69, 9.17) is 10.8 Å². The third-order valence-corrected chi connectivity index (χ3v) is 2.26. The summed E-state index contributed by atoms with van der Waals surface area (Å²) >= 11 is 0. The normalized spacial score (nSPS) is 10.6. The van der Waals surface area contributed by atoms with Gasteiger partial charge in [0.15, 0.2) is 0 Å². The van der Waals surface area contributed by atoms with Gasteiger partial charge in [0.1, 0.15) is 0 Å². The summed E-state index contributed by atoms with van der Waals surface area (Å²) < 4.78 is 0. The molecule has 1 aromatic rings. The fourth-order valence-electron chi connectivity index (χ4n) is 1.36. The van der Waals surface area contributed by atoms with Crippen molar-refractivity contribution in [3.63, 3.8) is 0 Å².